The summed E-state index contributed by atoms with van der Waals surface area (Å²) >= 11 is 0. The minimum absolute atomic E-state index is 0.0743. The zero-order valence-corrected chi connectivity index (χ0v) is 15.5. The third kappa shape index (κ3) is 5.46. The second-order valence-electron chi connectivity index (χ2n) is 6.29. The highest BCUT2D eigenvalue weighted by atomic mass is 32.2. The summed E-state index contributed by atoms with van der Waals surface area (Å²) < 4.78 is 70.8. The van der Waals surface area contributed by atoms with Gasteiger partial charge in [0.05, 0.1) is 23.2 Å². The Morgan fingerprint density at radius 3 is 2.48 bits per heavy atom. The summed E-state index contributed by atoms with van der Waals surface area (Å²) in [5, 5.41) is 5.73. The van der Waals surface area contributed by atoms with Gasteiger partial charge in [-0.2, -0.15) is 13.2 Å². The number of anilines is 2. The van der Waals surface area contributed by atoms with Gasteiger partial charge in [-0.3, -0.25) is 9.52 Å². The normalized spacial score (nSPS) is 12.3. The Morgan fingerprint density at radius 1 is 1.30 bits per heavy atom. The molecule has 1 amide bonds. The molecule has 0 aliphatic heterocycles. The number of nitrogens with one attached hydrogen (secondary N) is 2. The van der Waals surface area contributed by atoms with Crippen LogP contribution in [0.3, 0.4) is 0 Å². The van der Waals surface area contributed by atoms with E-state index in [0.29, 0.717) is 6.07 Å². The molecule has 0 aliphatic carbocycles. The van der Waals surface area contributed by atoms with E-state index in [1.165, 1.54) is 13.0 Å². The third-order valence-corrected chi connectivity index (χ3v) is 5.03. The molecule has 0 bridgehead atoms. The van der Waals surface area contributed by atoms with Gasteiger partial charge in [0.1, 0.15) is 11.3 Å². The summed E-state index contributed by atoms with van der Waals surface area (Å²) in [5.74, 6) is -1.07. The van der Waals surface area contributed by atoms with Crippen LogP contribution in [0.25, 0.3) is 0 Å². The number of amides is 1. The van der Waals surface area contributed by atoms with E-state index in [4.69, 9.17) is 4.52 Å². The molecule has 27 heavy (non-hydrogen) atoms. The molecular formula is C16H18F3N3O4S. The fourth-order valence-corrected chi connectivity index (χ4v) is 3.78. The average molecular weight is 405 g/mol. The predicted molar refractivity (Wildman–Crippen MR) is 92.9 cm³/mol. The molecule has 1 aromatic heterocycles. The second kappa shape index (κ2) is 7.59. The lowest BCUT2D eigenvalue weighted by Gasteiger charge is -2.17. The molecule has 0 fully saturated rings. The molecule has 0 saturated heterocycles. The maximum Gasteiger partial charge on any atom is 0.418 e. The molecule has 0 spiro atoms. The number of aromatic nitrogens is 1. The molecular weight excluding hydrogens is 387 g/mol. The van der Waals surface area contributed by atoms with Crippen LogP contribution in [0.2, 0.25) is 0 Å². The van der Waals surface area contributed by atoms with Gasteiger partial charge in [-0.1, -0.05) is 19.0 Å². The number of hydrogen-bond acceptors (Lipinski definition) is 5. The van der Waals surface area contributed by atoms with Crippen molar-refractivity contribution in [1.29, 1.82) is 0 Å². The molecule has 2 rings (SSSR count). The minimum Gasteiger partial charge on any atom is -0.361 e. The largest absolute Gasteiger partial charge is 0.418 e. The van der Waals surface area contributed by atoms with Crippen LogP contribution in [0, 0.1) is 12.8 Å². The molecule has 0 aliphatic rings. The number of alkyl halides is 3. The maximum absolute atomic E-state index is 13.4. The standard InChI is InChI=1S/C16H18F3N3O4S/c1-9(2)8-27(24,25)22-14-5-4-11(6-13(14)16(17,18)19)21-15(23)12-7-20-26-10(12)3/h4-7,9,22H,8H2,1-3H3,(H,21,23). The quantitative estimate of drug-likeness (QED) is 0.764. The lowest BCUT2D eigenvalue weighted by molar-refractivity contribution is -0.136. The van der Waals surface area contributed by atoms with Crippen molar-refractivity contribution >= 4 is 27.3 Å². The van der Waals surface area contributed by atoms with E-state index in [9.17, 15) is 26.4 Å². The monoisotopic (exact) mass is 405 g/mol. The summed E-state index contributed by atoms with van der Waals surface area (Å²) in [5.41, 5.74) is -1.90. The Balaban J connectivity index is 2.33. The van der Waals surface area contributed by atoms with Gasteiger partial charge in [-0.05, 0) is 31.0 Å². The van der Waals surface area contributed by atoms with Crippen molar-refractivity contribution in [1.82, 2.24) is 5.16 Å². The Labute approximate surface area is 154 Å². The van der Waals surface area contributed by atoms with Crippen molar-refractivity contribution in [3.05, 3.63) is 41.3 Å². The Hall–Kier alpha value is -2.56. The first-order valence-corrected chi connectivity index (χ1v) is 9.48. The molecule has 2 aromatic rings. The van der Waals surface area contributed by atoms with Crippen LogP contribution >= 0.6 is 0 Å². The molecule has 2 N–H and O–H groups in total. The number of nitrogens with zero attached hydrogens (tertiary/aromatic N) is 1. The molecule has 148 valence electrons. The highest BCUT2D eigenvalue weighted by molar-refractivity contribution is 7.92. The molecule has 0 saturated carbocycles. The number of rotatable bonds is 6. The SMILES string of the molecule is Cc1oncc1C(=O)Nc1ccc(NS(=O)(=O)CC(C)C)c(C(F)(F)F)c1. The van der Waals surface area contributed by atoms with Crippen LogP contribution < -0.4 is 10.0 Å². The number of carbonyl (C=O) groups is 1. The molecule has 0 radical (unpaired) electrons. The van der Waals surface area contributed by atoms with E-state index in [-0.39, 0.29) is 28.7 Å². The Morgan fingerprint density at radius 2 is 1.96 bits per heavy atom. The van der Waals surface area contributed by atoms with Gasteiger partial charge in [0.15, 0.2) is 0 Å². The van der Waals surface area contributed by atoms with Gasteiger partial charge in [-0.25, -0.2) is 8.42 Å². The molecule has 1 heterocycles. The van der Waals surface area contributed by atoms with Crippen LogP contribution in [-0.4, -0.2) is 25.2 Å². The summed E-state index contributed by atoms with van der Waals surface area (Å²) in [6.45, 7) is 4.75. The first-order valence-electron chi connectivity index (χ1n) is 7.83. The van der Waals surface area contributed by atoms with Gasteiger partial charge in [0.25, 0.3) is 5.91 Å². The number of aryl methyl sites for hydroxylation is 1. The lowest BCUT2D eigenvalue weighted by Crippen LogP contribution is -2.22. The summed E-state index contributed by atoms with van der Waals surface area (Å²) in [6.07, 6.45) is -3.69. The highest BCUT2D eigenvalue weighted by Gasteiger charge is 2.35. The molecule has 0 unspecified atom stereocenters. The third-order valence-electron chi connectivity index (χ3n) is 3.40. The minimum atomic E-state index is -4.83. The van der Waals surface area contributed by atoms with Crippen molar-refractivity contribution in [3.63, 3.8) is 0 Å². The molecule has 0 atom stereocenters. The lowest BCUT2D eigenvalue weighted by atomic mass is 10.1. The topological polar surface area (TPSA) is 101 Å². The molecule has 7 nitrogen and oxygen atoms in total. The summed E-state index contributed by atoms with van der Waals surface area (Å²) in [7, 11) is -3.95. The first kappa shape index (κ1) is 20.7. The van der Waals surface area contributed by atoms with E-state index >= 15 is 0 Å². The van der Waals surface area contributed by atoms with E-state index in [1.54, 1.807) is 13.8 Å². The van der Waals surface area contributed by atoms with Crippen molar-refractivity contribution < 1.29 is 30.9 Å². The fraction of sp³-hybridized carbons (Fsp3) is 0.375. The number of benzene rings is 1. The Kier molecular flexibility index (Phi) is 5.83. The average Bonchev–Trinajstić information content (AvgIpc) is 2.92. The number of hydrogen-bond donors (Lipinski definition) is 2. The van der Waals surface area contributed by atoms with Gasteiger partial charge >= 0.3 is 6.18 Å². The van der Waals surface area contributed by atoms with E-state index < -0.39 is 33.4 Å². The van der Waals surface area contributed by atoms with Crippen molar-refractivity contribution in [2.24, 2.45) is 5.92 Å². The zero-order chi connectivity index (χ0) is 20.4. The first-order chi connectivity index (χ1) is 12.4. The summed E-state index contributed by atoms with van der Waals surface area (Å²) in [6, 6.07) is 2.79. The number of halogens is 3. The Bertz CT molecular complexity index is 937. The van der Waals surface area contributed by atoms with Crippen molar-refractivity contribution in [3.8, 4) is 0 Å². The number of sulfonamides is 1. The van der Waals surface area contributed by atoms with Gasteiger partial charge in [0, 0.05) is 5.69 Å². The highest BCUT2D eigenvalue weighted by Crippen LogP contribution is 2.37. The fourth-order valence-electron chi connectivity index (χ4n) is 2.31. The van der Waals surface area contributed by atoms with Crippen molar-refractivity contribution in [2.45, 2.75) is 26.9 Å². The molecule has 11 heteroatoms. The van der Waals surface area contributed by atoms with Crippen LogP contribution in [0.5, 0.6) is 0 Å². The zero-order valence-electron chi connectivity index (χ0n) is 14.7. The van der Waals surface area contributed by atoms with Crippen LogP contribution in [0.15, 0.2) is 28.9 Å². The smallest absolute Gasteiger partial charge is 0.361 e. The van der Waals surface area contributed by atoms with Crippen LogP contribution in [0.1, 0.15) is 35.5 Å². The summed E-state index contributed by atoms with van der Waals surface area (Å²) in [4.78, 5) is 12.1. The van der Waals surface area contributed by atoms with Crippen molar-refractivity contribution in [2.75, 3.05) is 15.8 Å². The van der Waals surface area contributed by atoms with Crippen LogP contribution in [-0.2, 0) is 16.2 Å². The number of carbonyl (C=O) groups excluding carboxylic acids is 1. The second-order valence-corrected chi connectivity index (χ2v) is 8.05. The predicted octanol–water partition coefficient (Wildman–Crippen LogP) is 3.65. The maximum atomic E-state index is 13.4. The van der Waals surface area contributed by atoms with Crippen LogP contribution in [0.4, 0.5) is 24.5 Å². The van der Waals surface area contributed by atoms with E-state index in [2.05, 4.69) is 10.5 Å². The van der Waals surface area contributed by atoms with Gasteiger partial charge in [0.2, 0.25) is 10.0 Å². The van der Waals surface area contributed by atoms with Gasteiger partial charge < -0.3 is 9.84 Å². The van der Waals surface area contributed by atoms with Gasteiger partial charge in [-0.15, -0.1) is 0 Å². The van der Waals surface area contributed by atoms with E-state index in [0.717, 1.165) is 12.3 Å². The molecule has 1 aromatic carbocycles. The van der Waals surface area contributed by atoms with E-state index in [1.807, 2.05) is 4.72 Å².